The largest absolute Gasteiger partial charge is 0.379 e. The third-order valence-electron chi connectivity index (χ3n) is 4.77. The molecular formula is C16H31ClN2O3. The van der Waals surface area contributed by atoms with Crippen LogP contribution in [-0.4, -0.2) is 44.9 Å². The molecule has 1 amide bonds. The van der Waals surface area contributed by atoms with Crippen molar-refractivity contribution in [3.05, 3.63) is 0 Å². The molecule has 1 saturated carbocycles. The Morgan fingerprint density at radius 3 is 2.73 bits per heavy atom. The van der Waals surface area contributed by atoms with Gasteiger partial charge in [-0.3, -0.25) is 4.79 Å². The molecule has 0 spiro atoms. The van der Waals surface area contributed by atoms with Gasteiger partial charge in [0, 0.05) is 26.2 Å². The maximum atomic E-state index is 12.1. The zero-order valence-electron chi connectivity index (χ0n) is 13.5. The fourth-order valence-corrected chi connectivity index (χ4v) is 3.35. The van der Waals surface area contributed by atoms with Gasteiger partial charge in [-0.05, 0) is 37.6 Å². The summed E-state index contributed by atoms with van der Waals surface area (Å²) in [4.78, 5) is 12.1. The quantitative estimate of drug-likeness (QED) is 0.666. The van der Waals surface area contributed by atoms with Gasteiger partial charge in [-0.15, -0.1) is 12.4 Å². The van der Waals surface area contributed by atoms with Crippen molar-refractivity contribution in [2.75, 3.05) is 32.9 Å². The smallest absolute Gasteiger partial charge is 0.220 e. The van der Waals surface area contributed by atoms with Gasteiger partial charge in [0.2, 0.25) is 5.91 Å². The molecule has 1 unspecified atom stereocenters. The second-order valence-corrected chi connectivity index (χ2v) is 6.50. The zero-order chi connectivity index (χ0) is 15.0. The number of rotatable bonds is 8. The van der Waals surface area contributed by atoms with Crippen molar-refractivity contribution in [3.63, 3.8) is 0 Å². The van der Waals surface area contributed by atoms with Gasteiger partial charge in [-0.2, -0.15) is 0 Å². The Labute approximate surface area is 140 Å². The van der Waals surface area contributed by atoms with E-state index in [1.54, 1.807) is 0 Å². The van der Waals surface area contributed by atoms with Gasteiger partial charge in [-0.1, -0.05) is 19.3 Å². The number of amides is 1. The maximum Gasteiger partial charge on any atom is 0.220 e. The lowest BCUT2D eigenvalue weighted by atomic mass is 9.71. The first kappa shape index (κ1) is 19.7. The molecule has 0 aromatic rings. The molecule has 1 atom stereocenters. The monoisotopic (exact) mass is 334 g/mol. The Kier molecular flexibility index (Phi) is 9.33. The summed E-state index contributed by atoms with van der Waals surface area (Å²) in [5.74, 6) is 0.145. The summed E-state index contributed by atoms with van der Waals surface area (Å²) < 4.78 is 10.9. The van der Waals surface area contributed by atoms with E-state index in [4.69, 9.17) is 15.2 Å². The van der Waals surface area contributed by atoms with E-state index in [0.29, 0.717) is 32.7 Å². The number of halogens is 1. The number of carbonyl (C=O) groups is 1. The van der Waals surface area contributed by atoms with Crippen LogP contribution in [0.3, 0.4) is 0 Å². The molecule has 2 rings (SSSR count). The lowest BCUT2D eigenvalue weighted by Gasteiger charge is -2.35. The molecule has 2 fully saturated rings. The predicted octanol–water partition coefficient (Wildman–Crippen LogP) is 2.02. The first-order chi connectivity index (χ1) is 10.2. The molecule has 5 nitrogen and oxygen atoms in total. The normalized spacial score (nSPS) is 23.8. The van der Waals surface area contributed by atoms with Crippen LogP contribution in [0.1, 0.15) is 51.4 Å². The van der Waals surface area contributed by atoms with Crippen LogP contribution < -0.4 is 11.1 Å². The molecule has 3 N–H and O–H groups in total. The van der Waals surface area contributed by atoms with Crippen LogP contribution in [0.2, 0.25) is 0 Å². The van der Waals surface area contributed by atoms with Crippen LogP contribution >= 0.6 is 12.4 Å². The standard InChI is InChI=1S/C16H30N2O3.ClH/c17-13-16(6-2-1-3-7-16)11-15(19)18-8-4-9-21-14-5-10-20-12-14;/h14H,1-13,17H2,(H,18,19);1H. The summed E-state index contributed by atoms with van der Waals surface area (Å²) in [6.07, 6.45) is 8.59. The average molecular weight is 335 g/mol. The van der Waals surface area contributed by atoms with E-state index in [2.05, 4.69) is 5.32 Å². The number of hydrogen-bond donors (Lipinski definition) is 2. The molecular weight excluding hydrogens is 304 g/mol. The Bertz CT molecular complexity index is 317. The highest BCUT2D eigenvalue weighted by atomic mass is 35.5. The van der Waals surface area contributed by atoms with Crippen LogP contribution in [-0.2, 0) is 14.3 Å². The summed E-state index contributed by atoms with van der Waals surface area (Å²) in [5, 5.41) is 3.01. The van der Waals surface area contributed by atoms with Crippen LogP contribution in [0.25, 0.3) is 0 Å². The van der Waals surface area contributed by atoms with Gasteiger partial charge in [0.05, 0.1) is 12.7 Å². The molecule has 1 aliphatic carbocycles. The minimum atomic E-state index is 0. The first-order valence-electron chi connectivity index (χ1n) is 8.40. The summed E-state index contributed by atoms with van der Waals surface area (Å²) in [5.41, 5.74) is 5.98. The van der Waals surface area contributed by atoms with Crippen molar-refractivity contribution in [1.82, 2.24) is 5.32 Å². The molecule has 0 aromatic carbocycles. The van der Waals surface area contributed by atoms with Crippen LogP contribution in [0.4, 0.5) is 0 Å². The first-order valence-corrected chi connectivity index (χ1v) is 8.40. The van der Waals surface area contributed by atoms with Crippen molar-refractivity contribution < 1.29 is 14.3 Å². The highest BCUT2D eigenvalue weighted by Gasteiger charge is 2.32. The number of carbonyl (C=O) groups excluding carboxylic acids is 1. The fourth-order valence-electron chi connectivity index (χ4n) is 3.35. The molecule has 0 radical (unpaired) electrons. The molecule has 22 heavy (non-hydrogen) atoms. The molecule has 0 bridgehead atoms. The Hall–Kier alpha value is -0.360. The lowest BCUT2D eigenvalue weighted by molar-refractivity contribution is -0.123. The van der Waals surface area contributed by atoms with E-state index in [-0.39, 0.29) is 29.8 Å². The molecule has 0 aromatic heterocycles. The Morgan fingerprint density at radius 2 is 2.09 bits per heavy atom. The Morgan fingerprint density at radius 1 is 1.32 bits per heavy atom. The zero-order valence-corrected chi connectivity index (χ0v) is 14.3. The van der Waals surface area contributed by atoms with E-state index in [0.717, 1.165) is 32.3 Å². The number of nitrogens with two attached hydrogens (primary N) is 1. The molecule has 6 heteroatoms. The fraction of sp³-hybridized carbons (Fsp3) is 0.938. The minimum Gasteiger partial charge on any atom is -0.379 e. The number of ether oxygens (including phenoxy) is 2. The van der Waals surface area contributed by atoms with Crippen molar-refractivity contribution in [3.8, 4) is 0 Å². The molecule has 2 aliphatic rings. The summed E-state index contributed by atoms with van der Waals surface area (Å²) >= 11 is 0. The van der Waals surface area contributed by atoms with Crippen molar-refractivity contribution in [1.29, 1.82) is 0 Å². The van der Waals surface area contributed by atoms with E-state index in [1.807, 2.05) is 0 Å². The van der Waals surface area contributed by atoms with Crippen LogP contribution in [0, 0.1) is 5.41 Å². The highest BCUT2D eigenvalue weighted by molar-refractivity contribution is 5.85. The van der Waals surface area contributed by atoms with E-state index in [9.17, 15) is 4.79 Å². The van der Waals surface area contributed by atoms with Gasteiger partial charge in [0.25, 0.3) is 0 Å². The molecule has 1 saturated heterocycles. The van der Waals surface area contributed by atoms with Crippen molar-refractivity contribution in [2.24, 2.45) is 11.1 Å². The number of hydrogen-bond acceptors (Lipinski definition) is 4. The van der Waals surface area contributed by atoms with Gasteiger partial charge >= 0.3 is 0 Å². The third-order valence-corrected chi connectivity index (χ3v) is 4.77. The van der Waals surface area contributed by atoms with Crippen molar-refractivity contribution in [2.45, 2.75) is 57.5 Å². The highest BCUT2D eigenvalue weighted by Crippen LogP contribution is 2.38. The van der Waals surface area contributed by atoms with E-state index < -0.39 is 0 Å². The SMILES string of the molecule is Cl.NCC1(CC(=O)NCCCOC2CCOC2)CCCCC1. The predicted molar refractivity (Wildman–Crippen MR) is 89.2 cm³/mol. The van der Waals surface area contributed by atoms with Crippen LogP contribution in [0.15, 0.2) is 0 Å². The molecule has 1 aliphatic heterocycles. The maximum absolute atomic E-state index is 12.1. The van der Waals surface area contributed by atoms with Gasteiger partial charge in [-0.25, -0.2) is 0 Å². The minimum absolute atomic E-state index is 0. The average Bonchev–Trinajstić information content (AvgIpc) is 3.01. The van der Waals surface area contributed by atoms with Gasteiger partial charge in [0.15, 0.2) is 0 Å². The van der Waals surface area contributed by atoms with E-state index in [1.165, 1.54) is 19.3 Å². The topological polar surface area (TPSA) is 73.6 Å². The van der Waals surface area contributed by atoms with Gasteiger partial charge in [0.1, 0.15) is 0 Å². The summed E-state index contributed by atoms with van der Waals surface area (Å²) in [7, 11) is 0. The third kappa shape index (κ3) is 6.41. The number of nitrogens with one attached hydrogen (secondary N) is 1. The molecule has 130 valence electrons. The lowest BCUT2D eigenvalue weighted by Crippen LogP contribution is -2.39. The second kappa shape index (κ2) is 10.4. The summed E-state index contributed by atoms with van der Waals surface area (Å²) in [6, 6.07) is 0. The van der Waals surface area contributed by atoms with E-state index >= 15 is 0 Å². The van der Waals surface area contributed by atoms with Crippen LogP contribution in [0.5, 0.6) is 0 Å². The molecule has 1 heterocycles. The summed E-state index contributed by atoms with van der Waals surface area (Å²) in [6.45, 7) is 3.53. The van der Waals surface area contributed by atoms with Crippen molar-refractivity contribution >= 4 is 18.3 Å². The second-order valence-electron chi connectivity index (χ2n) is 6.50. The Balaban J connectivity index is 0.00000242. The van der Waals surface area contributed by atoms with Gasteiger partial charge < -0.3 is 20.5 Å².